The molecule has 2 aromatic carbocycles. The molecule has 1 saturated heterocycles. The lowest BCUT2D eigenvalue weighted by Gasteiger charge is -2.31. The maximum absolute atomic E-state index is 12.4. The summed E-state index contributed by atoms with van der Waals surface area (Å²) in [6.07, 6.45) is 4.84. The largest absolute Gasteiger partial charge is 0.507 e. The Morgan fingerprint density at radius 2 is 1.78 bits per heavy atom. The maximum atomic E-state index is 12.4. The first-order valence-corrected chi connectivity index (χ1v) is 9.46. The monoisotopic (exact) mass is 365 g/mol. The summed E-state index contributed by atoms with van der Waals surface area (Å²) in [5.74, 6) is 0.335. The van der Waals surface area contributed by atoms with Crippen molar-refractivity contribution in [2.75, 3.05) is 13.1 Å². The van der Waals surface area contributed by atoms with Crippen LogP contribution >= 0.6 is 0 Å². The zero-order valence-corrected chi connectivity index (χ0v) is 15.1. The van der Waals surface area contributed by atoms with Gasteiger partial charge < -0.3 is 10.0 Å². The van der Waals surface area contributed by atoms with Crippen molar-refractivity contribution in [3.05, 3.63) is 42.0 Å². The molecular formula is C21H23N3O3. The van der Waals surface area contributed by atoms with Crippen molar-refractivity contribution in [2.24, 2.45) is 16.9 Å². The summed E-state index contributed by atoms with van der Waals surface area (Å²) in [6, 6.07) is 11.2. The summed E-state index contributed by atoms with van der Waals surface area (Å²) in [5, 5.41) is 16.0. The fraction of sp³-hybridized carbons (Fsp3) is 0.381. The first-order chi connectivity index (χ1) is 13.1. The molecular weight excluding hydrogens is 342 g/mol. The van der Waals surface area contributed by atoms with Crippen LogP contribution in [-0.4, -0.2) is 41.1 Å². The summed E-state index contributed by atoms with van der Waals surface area (Å²) in [6.45, 7) is 1.28. The van der Waals surface area contributed by atoms with Gasteiger partial charge in [-0.1, -0.05) is 30.3 Å². The quantitative estimate of drug-likeness (QED) is 0.645. The number of hydrogen-bond donors (Lipinski definition) is 2. The van der Waals surface area contributed by atoms with E-state index in [9.17, 15) is 14.7 Å². The fourth-order valence-corrected chi connectivity index (χ4v) is 3.62. The van der Waals surface area contributed by atoms with Gasteiger partial charge in [-0.25, -0.2) is 5.43 Å². The van der Waals surface area contributed by atoms with Crippen LogP contribution in [0.3, 0.4) is 0 Å². The highest BCUT2D eigenvalue weighted by Crippen LogP contribution is 2.32. The van der Waals surface area contributed by atoms with E-state index in [1.807, 2.05) is 35.2 Å². The lowest BCUT2D eigenvalue weighted by molar-refractivity contribution is -0.136. The van der Waals surface area contributed by atoms with E-state index in [-0.39, 0.29) is 29.4 Å². The number of phenolic OH excluding ortho intramolecular Hbond substituents is 1. The van der Waals surface area contributed by atoms with Gasteiger partial charge >= 0.3 is 0 Å². The second-order valence-electron chi connectivity index (χ2n) is 7.33. The van der Waals surface area contributed by atoms with Crippen LogP contribution in [0.15, 0.2) is 41.5 Å². The highest BCUT2D eigenvalue weighted by Gasteiger charge is 2.35. The zero-order chi connectivity index (χ0) is 18.8. The molecule has 140 valence electrons. The third kappa shape index (κ3) is 3.79. The van der Waals surface area contributed by atoms with Gasteiger partial charge in [0.2, 0.25) is 11.8 Å². The van der Waals surface area contributed by atoms with E-state index in [4.69, 9.17) is 0 Å². The molecule has 2 aromatic rings. The highest BCUT2D eigenvalue weighted by molar-refractivity contribution is 6.02. The van der Waals surface area contributed by atoms with Gasteiger partial charge in [0.15, 0.2) is 0 Å². The van der Waals surface area contributed by atoms with Gasteiger partial charge in [0, 0.05) is 30.5 Å². The average Bonchev–Trinajstić information content (AvgIpc) is 3.54. The number of carbonyl (C=O) groups excluding carboxylic acids is 2. The third-order valence-electron chi connectivity index (χ3n) is 5.42. The molecule has 0 bridgehead atoms. The molecule has 0 aromatic heterocycles. The van der Waals surface area contributed by atoms with Crippen LogP contribution in [0.4, 0.5) is 0 Å². The molecule has 0 atom stereocenters. The van der Waals surface area contributed by atoms with Gasteiger partial charge in [0.1, 0.15) is 5.75 Å². The molecule has 2 fully saturated rings. The Bertz CT molecular complexity index is 897. The van der Waals surface area contributed by atoms with Gasteiger partial charge in [-0.2, -0.15) is 5.10 Å². The van der Waals surface area contributed by atoms with E-state index in [0.29, 0.717) is 31.5 Å². The van der Waals surface area contributed by atoms with E-state index < -0.39 is 0 Å². The number of nitrogens with zero attached hydrogens (tertiary/aromatic N) is 2. The van der Waals surface area contributed by atoms with Crippen molar-refractivity contribution in [1.29, 1.82) is 0 Å². The molecule has 6 heteroatoms. The first-order valence-electron chi connectivity index (χ1n) is 9.46. The van der Waals surface area contributed by atoms with Crippen LogP contribution in [0.1, 0.15) is 31.2 Å². The van der Waals surface area contributed by atoms with Crippen LogP contribution in [0.5, 0.6) is 5.75 Å². The molecule has 2 N–H and O–H groups in total. The van der Waals surface area contributed by atoms with E-state index in [0.717, 1.165) is 23.6 Å². The molecule has 1 saturated carbocycles. The molecule has 4 rings (SSSR count). The molecule has 1 heterocycles. The Morgan fingerprint density at radius 1 is 1.04 bits per heavy atom. The van der Waals surface area contributed by atoms with Crippen molar-refractivity contribution in [3.63, 3.8) is 0 Å². The lowest BCUT2D eigenvalue weighted by Crippen LogP contribution is -2.42. The molecule has 1 aliphatic heterocycles. The molecule has 6 nitrogen and oxygen atoms in total. The Labute approximate surface area is 157 Å². The Morgan fingerprint density at radius 3 is 2.52 bits per heavy atom. The standard InChI is InChI=1S/C21H23N3O3/c25-19-8-7-14-3-1-2-4-17(14)18(19)13-22-23-20(26)15-9-11-24(12-10-15)21(27)16-5-6-16/h1-4,7-8,13,15-16,25H,5-6,9-12H2,(H,23,26). The van der Waals surface area contributed by atoms with Gasteiger partial charge in [0.25, 0.3) is 0 Å². The second kappa shape index (κ2) is 7.39. The normalized spacial score (nSPS) is 18.1. The topological polar surface area (TPSA) is 82.0 Å². The number of likely N-dealkylation sites (tertiary alicyclic amines) is 1. The zero-order valence-electron chi connectivity index (χ0n) is 15.1. The van der Waals surface area contributed by atoms with Crippen molar-refractivity contribution in [3.8, 4) is 5.75 Å². The van der Waals surface area contributed by atoms with Crippen LogP contribution in [0.2, 0.25) is 0 Å². The maximum Gasteiger partial charge on any atom is 0.243 e. The van der Waals surface area contributed by atoms with Crippen molar-refractivity contribution >= 4 is 28.8 Å². The molecule has 1 aliphatic carbocycles. The van der Waals surface area contributed by atoms with Gasteiger partial charge in [-0.3, -0.25) is 9.59 Å². The van der Waals surface area contributed by atoms with E-state index >= 15 is 0 Å². The molecule has 2 aliphatic rings. The summed E-state index contributed by atoms with van der Waals surface area (Å²) in [7, 11) is 0. The summed E-state index contributed by atoms with van der Waals surface area (Å²) >= 11 is 0. The summed E-state index contributed by atoms with van der Waals surface area (Å²) < 4.78 is 0. The number of rotatable bonds is 4. The minimum absolute atomic E-state index is 0.124. The number of hydrogen-bond acceptors (Lipinski definition) is 4. The van der Waals surface area contributed by atoms with E-state index in [1.165, 1.54) is 6.21 Å². The minimum Gasteiger partial charge on any atom is -0.507 e. The predicted molar refractivity (Wildman–Crippen MR) is 103 cm³/mol. The minimum atomic E-state index is -0.135. The number of fused-ring (bicyclic) bond motifs is 1. The average molecular weight is 365 g/mol. The highest BCUT2D eigenvalue weighted by atomic mass is 16.3. The van der Waals surface area contributed by atoms with Crippen LogP contribution in [-0.2, 0) is 9.59 Å². The van der Waals surface area contributed by atoms with Crippen molar-refractivity contribution in [1.82, 2.24) is 10.3 Å². The smallest absolute Gasteiger partial charge is 0.243 e. The number of nitrogens with one attached hydrogen (secondary N) is 1. The van der Waals surface area contributed by atoms with Crippen molar-refractivity contribution in [2.45, 2.75) is 25.7 Å². The molecule has 0 radical (unpaired) electrons. The lowest BCUT2D eigenvalue weighted by atomic mass is 9.96. The number of carbonyl (C=O) groups is 2. The number of hydrazone groups is 1. The fourth-order valence-electron chi connectivity index (χ4n) is 3.62. The number of aromatic hydroxyl groups is 1. The first kappa shape index (κ1) is 17.5. The summed E-state index contributed by atoms with van der Waals surface area (Å²) in [4.78, 5) is 26.3. The van der Waals surface area contributed by atoms with Crippen LogP contribution in [0.25, 0.3) is 10.8 Å². The van der Waals surface area contributed by atoms with E-state index in [2.05, 4.69) is 10.5 Å². The van der Waals surface area contributed by atoms with Gasteiger partial charge in [-0.05, 0) is 42.5 Å². The second-order valence-corrected chi connectivity index (χ2v) is 7.33. The number of piperidine rings is 1. The van der Waals surface area contributed by atoms with Crippen LogP contribution in [0, 0.1) is 11.8 Å². The Kier molecular flexibility index (Phi) is 4.79. The van der Waals surface area contributed by atoms with E-state index in [1.54, 1.807) is 6.07 Å². The van der Waals surface area contributed by atoms with Gasteiger partial charge in [0.05, 0.1) is 6.21 Å². The summed E-state index contributed by atoms with van der Waals surface area (Å²) in [5.41, 5.74) is 3.17. The molecule has 2 amide bonds. The number of benzene rings is 2. The SMILES string of the molecule is O=C(NN=Cc1c(O)ccc2ccccc12)C1CCN(C(=O)C2CC2)CC1. The Balaban J connectivity index is 1.36. The van der Waals surface area contributed by atoms with Gasteiger partial charge in [-0.15, -0.1) is 0 Å². The molecule has 0 unspecified atom stereocenters. The number of phenols is 1. The molecule has 0 spiro atoms. The van der Waals surface area contributed by atoms with Crippen molar-refractivity contribution < 1.29 is 14.7 Å². The van der Waals surface area contributed by atoms with Crippen LogP contribution < -0.4 is 5.43 Å². The Hall–Kier alpha value is -2.89. The molecule has 27 heavy (non-hydrogen) atoms. The predicted octanol–water partition coefficient (Wildman–Crippen LogP) is 2.64. The third-order valence-corrected chi connectivity index (χ3v) is 5.42. The number of amides is 2.